The molecule has 1 amide bonds. The van der Waals surface area contributed by atoms with E-state index in [4.69, 9.17) is 15.2 Å². The van der Waals surface area contributed by atoms with Crippen LogP contribution in [-0.2, 0) is 4.74 Å². The number of hydrogen-bond acceptors (Lipinski definition) is 4. The largest absolute Gasteiger partial charge is 0.490 e. The summed E-state index contributed by atoms with van der Waals surface area (Å²) in [6.45, 7) is 9.22. The average Bonchev–Trinajstić information content (AvgIpc) is 2.36. The first-order chi connectivity index (χ1) is 11.0. The molecule has 1 aliphatic carbocycles. The number of amides is 1. The predicted molar refractivity (Wildman–Crippen MR) is 90.4 cm³/mol. The minimum atomic E-state index is -0.527. The smallest absolute Gasteiger partial charge is 0.408 e. The topological polar surface area (TPSA) is 73.6 Å². The summed E-state index contributed by atoms with van der Waals surface area (Å²) < 4.78 is 24.6. The fraction of sp³-hybridized carbons (Fsp3) is 0.611. The SMILES string of the molecule is C[C@@H](N)c1cc(F)ccc1OC1CC(C)(NC(=O)OC(C)(C)C)C1. The summed E-state index contributed by atoms with van der Waals surface area (Å²) in [5, 5.41) is 2.89. The van der Waals surface area contributed by atoms with Gasteiger partial charge in [0.05, 0.1) is 0 Å². The summed E-state index contributed by atoms with van der Waals surface area (Å²) in [5.74, 6) is 0.260. The van der Waals surface area contributed by atoms with Crippen LogP contribution in [0.15, 0.2) is 18.2 Å². The number of ether oxygens (including phenoxy) is 2. The van der Waals surface area contributed by atoms with Crippen molar-refractivity contribution in [1.29, 1.82) is 0 Å². The van der Waals surface area contributed by atoms with Crippen LogP contribution in [0.5, 0.6) is 5.75 Å². The van der Waals surface area contributed by atoms with Crippen molar-refractivity contribution in [3.8, 4) is 5.75 Å². The van der Waals surface area contributed by atoms with Gasteiger partial charge in [0.1, 0.15) is 23.3 Å². The minimum absolute atomic E-state index is 0.0482. The Hall–Kier alpha value is -1.82. The van der Waals surface area contributed by atoms with Crippen LogP contribution in [-0.4, -0.2) is 23.3 Å². The highest BCUT2D eigenvalue weighted by atomic mass is 19.1. The minimum Gasteiger partial charge on any atom is -0.490 e. The van der Waals surface area contributed by atoms with E-state index in [0.29, 0.717) is 24.2 Å². The molecule has 0 spiro atoms. The molecule has 0 bridgehead atoms. The molecule has 1 atom stereocenters. The second-order valence-corrected chi connectivity index (χ2v) is 7.81. The van der Waals surface area contributed by atoms with Crippen LogP contribution in [0, 0.1) is 5.82 Å². The van der Waals surface area contributed by atoms with Gasteiger partial charge in [0, 0.05) is 30.0 Å². The van der Waals surface area contributed by atoms with E-state index in [1.54, 1.807) is 13.0 Å². The van der Waals surface area contributed by atoms with E-state index in [0.717, 1.165) is 0 Å². The van der Waals surface area contributed by atoms with Gasteiger partial charge in [-0.25, -0.2) is 9.18 Å². The molecule has 1 aliphatic rings. The van der Waals surface area contributed by atoms with E-state index in [9.17, 15) is 9.18 Å². The quantitative estimate of drug-likeness (QED) is 0.878. The molecule has 0 radical (unpaired) electrons. The molecule has 1 aromatic rings. The Kier molecular flexibility index (Phi) is 5.08. The molecule has 0 aliphatic heterocycles. The summed E-state index contributed by atoms with van der Waals surface area (Å²) in [6, 6.07) is 4.04. The Morgan fingerprint density at radius 3 is 2.58 bits per heavy atom. The average molecular weight is 338 g/mol. The number of hydrogen-bond donors (Lipinski definition) is 2. The molecule has 3 N–H and O–H groups in total. The zero-order chi connectivity index (χ0) is 18.1. The first-order valence-corrected chi connectivity index (χ1v) is 8.20. The van der Waals surface area contributed by atoms with Gasteiger partial charge >= 0.3 is 6.09 Å². The summed E-state index contributed by atoms with van der Waals surface area (Å²) >= 11 is 0. The molecule has 1 fully saturated rings. The summed E-state index contributed by atoms with van der Waals surface area (Å²) in [4.78, 5) is 11.9. The van der Waals surface area contributed by atoms with E-state index in [-0.39, 0.29) is 23.5 Å². The van der Waals surface area contributed by atoms with E-state index in [1.807, 2.05) is 27.7 Å². The van der Waals surface area contributed by atoms with Gasteiger partial charge in [-0.1, -0.05) is 0 Å². The first-order valence-electron chi connectivity index (χ1n) is 8.20. The van der Waals surface area contributed by atoms with Crippen LogP contribution in [0.1, 0.15) is 59.1 Å². The van der Waals surface area contributed by atoms with E-state index >= 15 is 0 Å². The van der Waals surface area contributed by atoms with Crippen molar-refractivity contribution < 1.29 is 18.7 Å². The van der Waals surface area contributed by atoms with Gasteiger partial charge < -0.3 is 20.5 Å². The van der Waals surface area contributed by atoms with Crippen molar-refractivity contribution in [2.24, 2.45) is 5.73 Å². The lowest BCUT2D eigenvalue weighted by atomic mass is 9.76. The van der Waals surface area contributed by atoms with Gasteiger partial charge in [-0.3, -0.25) is 0 Å². The van der Waals surface area contributed by atoms with E-state index in [1.165, 1.54) is 12.1 Å². The van der Waals surface area contributed by atoms with E-state index < -0.39 is 11.7 Å². The fourth-order valence-corrected chi connectivity index (χ4v) is 2.84. The van der Waals surface area contributed by atoms with Crippen LogP contribution in [0.2, 0.25) is 0 Å². The highest BCUT2D eigenvalue weighted by Crippen LogP contribution is 2.37. The van der Waals surface area contributed by atoms with Crippen LogP contribution < -0.4 is 15.8 Å². The molecule has 1 aromatic carbocycles. The predicted octanol–water partition coefficient (Wildman–Crippen LogP) is 3.67. The van der Waals surface area contributed by atoms with Gasteiger partial charge in [0.25, 0.3) is 0 Å². The zero-order valence-electron chi connectivity index (χ0n) is 15.0. The molecule has 0 unspecified atom stereocenters. The molecule has 1 saturated carbocycles. The van der Waals surface area contributed by atoms with Gasteiger partial charge in [0.15, 0.2) is 0 Å². The van der Waals surface area contributed by atoms with E-state index in [2.05, 4.69) is 5.32 Å². The lowest BCUT2D eigenvalue weighted by Gasteiger charge is -2.45. The normalized spacial score (nSPS) is 24.7. The van der Waals surface area contributed by atoms with Crippen molar-refractivity contribution >= 4 is 6.09 Å². The lowest BCUT2D eigenvalue weighted by molar-refractivity contribution is 0.00867. The maximum atomic E-state index is 13.4. The maximum absolute atomic E-state index is 13.4. The Balaban J connectivity index is 1.92. The maximum Gasteiger partial charge on any atom is 0.408 e. The third kappa shape index (κ3) is 4.84. The van der Waals surface area contributed by atoms with Gasteiger partial charge in [-0.15, -0.1) is 0 Å². The Labute approximate surface area is 142 Å². The number of halogens is 1. The Morgan fingerprint density at radius 2 is 2.04 bits per heavy atom. The number of nitrogens with one attached hydrogen (secondary N) is 1. The fourth-order valence-electron chi connectivity index (χ4n) is 2.84. The number of carbonyl (C=O) groups excluding carboxylic acids is 1. The molecule has 0 aromatic heterocycles. The molecule has 2 rings (SSSR count). The second kappa shape index (κ2) is 6.59. The van der Waals surface area contributed by atoms with Crippen LogP contribution >= 0.6 is 0 Å². The molecule has 134 valence electrons. The number of alkyl carbamates (subject to hydrolysis) is 1. The molecule has 24 heavy (non-hydrogen) atoms. The standard InChI is InChI=1S/C18H27FN2O3/c1-11(20)14-8-12(19)6-7-15(14)23-13-9-18(5,10-13)21-16(22)24-17(2,3)4/h6-8,11,13H,9-10,20H2,1-5H3,(H,21,22)/t11-,13?,18?/m1/s1. The number of rotatable bonds is 4. The van der Waals surface area contributed by atoms with Crippen molar-refractivity contribution in [2.45, 2.75) is 70.7 Å². The monoisotopic (exact) mass is 338 g/mol. The molecular formula is C18H27FN2O3. The Morgan fingerprint density at radius 1 is 1.42 bits per heavy atom. The lowest BCUT2D eigenvalue weighted by Crippen LogP contribution is -2.59. The third-order valence-corrected chi connectivity index (χ3v) is 3.92. The van der Waals surface area contributed by atoms with Crippen molar-refractivity contribution in [2.75, 3.05) is 0 Å². The third-order valence-electron chi connectivity index (χ3n) is 3.92. The summed E-state index contributed by atoms with van der Waals surface area (Å²) in [6.07, 6.45) is 0.832. The van der Waals surface area contributed by atoms with Crippen molar-refractivity contribution in [3.05, 3.63) is 29.6 Å². The first kappa shape index (κ1) is 18.5. The second-order valence-electron chi connectivity index (χ2n) is 7.81. The van der Waals surface area contributed by atoms with Gasteiger partial charge in [0.2, 0.25) is 0 Å². The van der Waals surface area contributed by atoms with Crippen LogP contribution in [0.4, 0.5) is 9.18 Å². The molecule has 5 nitrogen and oxygen atoms in total. The van der Waals surface area contributed by atoms with Crippen molar-refractivity contribution in [3.63, 3.8) is 0 Å². The van der Waals surface area contributed by atoms with Crippen LogP contribution in [0.25, 0.3) is 0 Å². The molecule has 0 heterocycles. The Bertz CT molecular complexity index is 605. The zero-order valence-corrected chi connectivity index (χ0v) is 15.0. The number of carbonyl (C=O) groups is 1. The molecular weight excluding hydrogens is 311 g/mol. The van der Waals surface area contributed by atoms with Crippen LogP contribution in [0.3, 0.4) is 0 Å². The summed E-state index contributed by atoms with van der Waals surface area (Å²) in [7, 11) is 0. The van der Waals surface area contributed by atoms with Gasteiger partial charge in [-0.2, -0.15) is 0 Å². The number of benzene rings is 1. The summed E-state index contributed by atoms with van der Waals surface area (Å²) in [5.41, 5.74) is 5.63. The van der Waals surface area contributed by atoms with Crippen molar-refractivity contribution in [1.82, 2.24) is 5.32 Å². The molecule has 0 saturated heterocycles. The molecule has 6 heteroatoms. The highest BCUT2D eigenvalue weighted by Gasteiger charge is 2.44. The highest BCUT2D eigenvalue weighted by molar-refractivity contribution is 5.69. The van der Waals surface area contributed by atoms with Gasteiger partial charge in [-0.05, 0) is 52.8 Å². The number of nitrogens with two attached hydrogens (primary N) is 1.